The van der Waals surface area contributed by atoms with Gasteiger partial charge in [0.2, 0.25) is 5.60 Å². The van der Waals surface area contributed by atoms with Gasteiger partial charge in [0.25, 0.3) is 0 Å². The van der Waals surface area contributed by atoms with Crippen LogP contribution in [0.5, 0.6) is 5.75 Å². The molecule has 0 unspecified atom stereocenters. The zero-order valence-corrected chi connectivity index (χ0v) is 9.65. The van der Waals surface area contributed by atoms with Crippen LogP contribution in [0.1, 0.15) is 22.3 Å². The van der Waals surface area contributed by atoms with E-state index >= 15 is 0 Å². The van der Waals surface area contributed by atoms with Crippen molar-refractivity contribution in [1.29, 1.82) is 0 Å². The molecule has 1 aromatic rings. The average Bonchev–Trinajstić information content (AvgIpc) is 3.06. The maximum Gasteiger partial charge on any atom is 0.351 e. The zero-order chi connectivity index (χ0) is 12.2. The molecule has 0 radical (unpaired) electrons. The monoisotopic (exact) mass is 232 g/mol. The SMILES string of the molecule is COC(=O)[C@@]12C[C@@H]1C(=O)c1cc(C)ccc1O2. The third-order valence-electron chi connectivity index (χ3n) is 3.45. The summed E-state index contributed by atoms with van der Waals surface area (Å²) in [5, 5.41) is 0. The summed E-state index contributed by atoms with van der Waals surface area (Å²) < 4.78 is 10.4. The van der Waals surface area contributed by atoms with Crippen molar-refractivity contribution in [2.45, 2.75) is 18.9 Å². The highest BCUT2D eigenvalue weighted by molar-refractivity contribution is 6.09. The van der Waals surface area contributed by atoms with Crippen molar-refractivity contribution >= 4 is 11.8 Å². The fourth-order valence-corrected chi connectivity index (χ4v) is 2.41. The van der Waals surface area contributed by atoms with E-state index in [0.29, 0.717) is 17.7 Å². The molecule has 1 fully saturated rings. The van der Waals surface area contributed by atoms with Crippen LogP contribution in [0, 0.1) is 12.8 Å². The van der Waals surface area contributed by atoms with Crippen LogP contribution in [0.3, 0.4) is 0 Å². The first-order valence-corrected chi connectivity index (χ1v) is 5.51. The highest BCUT2D eigenvalue weighted by Crippen LogP contribution is 2.54. The van der Waals surface area contributed by atoms with Crippen molar-refractivity contribution < 1.29 is 19.1 Å². The largest absolute Gasteiger partial charge is 0.474 e. The van der Waals surface area contributed by atoms with E-state index < -0.39 is 11.6 Å². The summed E-state index contributed by atoms with van der Waals surface area (Å²) in [6.07, 6.45) is 0.423. The molecule has 1 aromatic carbocycles. The topological polar surface area (TPSA) is 52.6 Å². The molecule has 0 saturated heterocycles. The number of ketones is 1. The number of aryl methyl sites for hydroxylation is 1. The Morgan fingerprint density at radius 1 is 1.53 bits per heavy atom. The van der Waals surface area contributed by atoms with Crippen molar-refractivity contribution in [2.75, 3.05) is 7.11 Å². The summed E-state index contributed by atoms with van der Waals surface area (Å²) in [6, 6.07) is 5.40. The predicted octanol–water partition coefficient (Wildman–Crippen LogP) is 1.50. The van der Waals surface area contributed by atoms with Crippen LogP contribution in [0.25, 0.3) is 0 Å². The summed E-state index contributed by atoms with van der Waals surface area (Å²) in [6.45, 7) is 1.92. The Hall–Kier alpha value is -1.84. The molecule has 4 nitrogen and oxygen atoms in total. The smallest absolute Gasteiger partial charge is 0.351 e. The Bertz CT molecular complexity index is 534. The van der Waals surface area contributed by atoms with Gasteiger partial charge in [-0.05, 0) is 19.1 Å². The van der Waals surface area contributed by atoms with E-state index in [2.05, 4.69) is 0 Å². The Morgan fingerprint density at radius 3 is 3.00 bits per heavy atom. The van der Waals surface area contributed by atoms with E-state index in [-0.39, 0.29) is 11.7 Å². The Balaban J connectivity index is 2.06. The minimum absolute atomic E-state index is 0.0136. The van der Waals surface area contributed by atoms with Gasteiger partial charge in [-0.3, -0.25) is 4.79 Å². The highest BCUT2D eigenvalue weighted by Gasteiger charge is 2.70. The molecule has 2 atom stereocenters. The van der Waals surface area contributed by atoms with E-state index in [4.69, 9.17) is 9.47 Å². The van der Waals surface area contributed by atoms with E-state index in [1.54, 1.807) is 12.1 Å². The first-order chi connectivity index (χ1) is 8.08. The van der Waals surface area contributed by atoms with Gasteiger partial charge in [0.05, 0.1) is 18.6 Å². The molecule has 88 valence electrons. The number of fused-ring (bicyclic) bond motifs is 2. The number of carbonyl (C=O) groups excluding carboxylic acids is 2. The molecule has 0 N–H and O–H groups in total. The normalized spacial score (nSPS) is 28.8. The molecule has 0 spiro atoms. The second kappa shape index (κ2) is 3.09. The van der Waals surface area contributed by atoms with Crippen molar-refractivity contribution in [3.8, 4) is 5.75 Å². The number of rotatable bonds is 1. The molecule has 17 heavy (non-hydrogen) atoms. The fraction of sp³-hybridized carbons (Fsp3) is 0.385. The van der Waals surface area contributed by atoms with Gasteiger partial charge in [-0.2, -0.15) is 0 Å². The van der Waals surface area contributed by atoms with Gasteiger partial charge in [0.1, 0.15) is 5.75 Å². The second-order valence-corrected chi connectivity index (χ2v) is 4.60. The van der Waals surface area contributed by atoms with Crippen LogP contribution in [0.2, 0.25) is 0 Å². The van der Waals surface area contributed by atoms with E-state index in [1.807, 2.05) is 13.0 Å². The first kappa shape index (κ1) is 10.3. The Kier molecular flexibility index (Phi) is 1.88. The van der Waals surface area contributed by atoms with Crippen LogP contribution in [0.4, 0.5) is 0 Å². The lowest BCUT2D eigenvalue weighted by molar-refractivity contribution is -0.151. The van der Waals surface area contributed by atoms with Gasteiger partial charge in [0, 0.05) is 6.42 Å². The number of ether oxygens (including phenoxy) is 2. The Morgan fingerprint density at radius 2 is 2.29 bits per heavy atom. The molecule has 2 aliphatic rings. The summed E-state index contributed by atoms with van der Waals surface area (Å²) in [5.74, 6) is -0.355. The van der Waals surface area contributed by atoms with Crippen molar-refractivity contribution in [1.82, 2.24) is 0 Å². The molecule has 0 bridgehead atoms. The number of benzene rings is 1. The third kappa shape index (κ3) is 1.24. The summed E-state index contributed by atoms with van der Waals surface area (Å²) in [7, 11) is 1.31. The number of carbonyl (C=O) groups is 2. The number of methoxy groups -OCH3 is 1. The fourth-order valence-electron chi connectivity index (χ4n) is 2.41. The number of esters is 1. The molecule has 1 heterocycles. The molecule has 1 aliphatic carbocycles. The molecule has 3 rings (SSSR count). The van der Waals surface area contributed by atoms with Crippen LogP contribution in [0.15, 0.2) is 18.2 Å². The summed E-state index contributed by atoms with van der Waals surface area (Å²) in [4.78, 5) is 23.8. The number of hydrogen-bond acceptors (Lipinski definition) is 4. The molecule has 4 heteroatoms. The predicted molar refractivity (Wildman–Crippen MR) is 59.0 cm³/mol. The minimum Gasteiger partial charge on any atom is -0.474 e. The minimum atomic E-state index is -1.05. The van der Waals surface area contributed by atoms with Crippen LogP contribution in [-0.2, 0) is 9.53 Å². The van der Waals surface area contributed by atoms with Gasteiger partial charge in [0.15, 0.2) is 5.78 Å². The molecular formula is C13H12O4. The van der Waals surface area contributed by atoms with Crippen molar-refractivity contribution in [2.24, 2.45) is 5.92 Å². The Labute approximate surface area is 98.5 Å². The van der Waals surface area contributed by atoms with Crippen molar-refractivity contribution in [3.63, 3.8) is 0 Å². The van der Waals surface area contributed by atoms with Crippen molar-refractivity contribution in [3.05, 3.63) is 29.3 Å². The second-order valence-electron chi connectivity index (χ2n) is 4.60. The van der Waals surface area contributed by atoms with E-state index in [9.17, 15) is 9.59 Å². The molecular weight excluding hydrogens is 220 g/mol. The van der Waals surface area contributed by atoms with Gasteiger partial charge < -0.3 is 9.47 Å². The maximum absolute atomic E-state index is 12.1. The number of Topliss-reactive ketones (excluding diaryl/α,β-unsaturated/α-hetero) is 1. The van der Waals surface area contributed by atoms with E-state index in [1.165, 1.54) is 7.11 Å². The molecule has 1 saturated carbocycles. The van der Waals surface area contributed by atoms with Gasteiger partial charge in [-0.15, -0.1) is 0 Å². The van der Waals surface area contributed by atoms with Gasteiger partial charge >= 0.3 is 5.97 Å². The maximum atomic E-state index is 12.1. The lowest BCUT2D eigenvalue weighted by atomic mass is 9.99. The quantitative estimate of drug-likeness (QED) is 0.688. The molecule has 0 amide bonds. The lowest BCUT2D eigenvalue weighted by Crippen LogP contribution is -2.38. The van der Waals surface area contributed by atoms with E-state index in [0.717, 1.165) is 5.56 Å². The molecule has 0 aromatic heterocycles. The van der Waals surface area contributed by atoms with Gasteiger partial charge in [-0.25, -0.2) is 4.79 Å². The summed E-state index contributed by atoms with van der Waals surface area (Å²) in [5.41, 5.74) is 0.535. The average molecular weight is 232 g/mol. The van der Waals surface area contributed by atoms with Crippen LogP contribution in [-0.4, -0.2) is 24.5 Å². The highest BCUT2D eigenvalue weighted by atomic mass is 16.6. The summed E-state index contributed by atoms with van der Waals surface area (Å²) >= 11 is 0. The zero-order valence-electron chi connectivity index (χ0n) is 9.65. The standard InChI is InChI=1S/C13H12O4/c1-7-3-4-10-8(5-7)11(14)9-6-13(9,17-10)12(15)16-2/h3-5,9H,6H2,1-2H3/t9-,13-/m1/s1. The first-order valence-electron chi connectivity index (χ1n) is 5.51. The van der Waals surface area contributed by atoms with Crippen LogP contribution >= 0.6 is 0 Å². The number of hydrogen-bond donors (Lipinski definition) is 0. The molecule has 1 aliphatic heterocycles. The van der Waals surface area contributed by atoms with Gasteiger partial charge in [-0.1, -0.05) is 11.6 Å². The third-order valence-corrected chi connectivity index (χ3v) is 3.45. The van der Waals surface area contributed by atoms with Crippen LogP contribution < -0.4 is 4.74 Å². The lowest BCUT2D eigenvalue weighted by Gasteiger charge is -2.23.